The Morgan fingerprint density at radius 1 is 0.969 bits per heavy atom. The summed E-state index contributed by atoms with van der Waals surface area (Å²) in [7, 11) is 0. The van der Waals surface area contributed by atoms with Crippen LogP contribution in [0.15, 0.2) is 0 Å². The first kappa shape index (κ1) is 25.1. The Balaban J connectivity index is 1.93. The molecule has 1 aliphatic heterocycles. The van der Waals surface area contributed by atoms with Gasteiger partial charge < -0.3 is 14.7 Å². The zero-order valence-electron chi connectivity index (χ0n) is 14.8. The van der Waals surface area contributed by atoms with E-state index >= 15 is 0 Å². The first-order valence-corrected chi connectivity index (χ1v) is 9.13. The maximum absolute atomic E-state index is 14.9. The molecule has 0 radical (unpaired) electrons. The molecule has 184 valence electrons. The molecule has 18 heteroatoms. The van der Waals surface area contributed by atoms with Crippen LogP contribution in [0.2, 0.25) is 0 Å². The molecule has 0 N–H and O–H groups in total. The molecule has 6 unspecified atom stereocenters. The number of carbonyl (C=O) groups is 2. The first-order chi connectivity index (χ1) is 14.4. The van der Waals surface area contributed by atoms with E-state index in [9.17, 15) is 58.8 Å². The zero-order valence-corrected chi connectivity index (χ0v) is 15.7. The monoisotopic (exact) mass is 511 g/mol. The molecule has 1 saturated heterocycles. The van der Waals surface area contributed by atoms with E-state index in [2.05, 4.69) is 14.1 Å². The summed E-state index contributed by atoms with van der Waals surface area (Å²) in [6.07, 6.45) is -10.2. The highest BCUT2D eigenvalue weighted by Crippen LogP contribution is 2.61. The van der Waals surface area contributed by atoms with Crippen LogP contribution in [0.4, 0.5) is 43.9 Å². The summed E-state index contributed by atoms with van der Waals surface area (Å²) in [6.45, 7) is 0. The lowest BCUT2D eigenvalue weighted by Gasteiger charge is -2.39. The lowest BCUT2D eigenvalue weighted by molar-refractivity contribution is -0.777. The number of carbonyl (C=O) groups excluding carboxylic acids is 2. The molecule has 2 bridgehead atoms. The van der Waals surface area contributed by atoms with Gasteiger partial charge in [0.2, 0.25) is 0 Å². The van der Waals surface area contributed by atoms with Crippen molar-refractivity contribution in [3.8, 4) is 0 Å². The lowest BCUT2D eigenvalue weighted by Crippen LogP contribution is -2.68. The van der Waals surface area contributed by atoms with Crippen molar-refractivity contribution in [3.05, 3.63) is 0 Å². The Bertz CT molecular complexity index is 792. The molecule has 0 aromatic heterocycles. The summed E-state index contributed by atoms with van der Waals surface area (Å²) >= 11 is -1.90. The van der Waals surface area contributed by atoms with E-state index in [0.29, 0.717) is 0 Å². The summed E-state index contributed by atoms with van der Waals surface area (Å²) in [5, 5.41) is 6.45. The predicted octanol–water partition coefficient (Wildman–Crippen LogP) is 2.49. The minimum atomic E-state index is -7.58. The van der Waals surface area contributed by atoms with Gasteiger partial charge in [-0.1, -0.05) is 0 Å². The van der Waals surface area contributed by atoms with Gasteiger partial charge in [-0.2, -0.15) is 43.8 Å². The van der Waals surface area contributed by atoms with Gasteiger partial charge in [-0.05, 0) is 12.8 Å². The lowest BCUT2D eigenvalue weighted by atomic mass is 9.88. The Hall–Kier alpha value is -1.53. The molecule has 2 saturated carbocycles. The second kappa shape index (κ2) is 7.49. The van der Waals surface area contributed by atoms with E-state index in [1.165, 1.54) is 0 Å². The van der Waals surface area contributed by atoms with Gasteiger partial charge in [0.05, 0.1) is 18.0 Å². The summed E-state index contributed by atoms with van der Waals surface area (Å²) in [4.78, 5) is 23.7. The molecule has 3 aliphatic rings. The van der Waals surface area contributed by atoms with Crippen molar-refractivity contribution in [3.63, 3.8) is 0 Å². The van der Waals surface area contributed by atoms with Gasteiger partial charge in [0.15, 0.2) is 0 Å². The summed E-state index contributed by atoms with van der Waals surface area (Å²) in [5.74, 6) is -28.2. The molecule has 32 heavy (non-hydrogen) atoms. The van der Waals surface area contributed by atoms with Crippen molar-refractivity contribution >= 4 is 24.0 Å². The quantitative estimate of drug-likeness (QED) is 0.161. The maximum atomic E-state index is 14.9. The van der Waals surface area contributed by atoms with E-state index in [-0.39, 0.29) is 12.8 Å². The Labute approximate surface area is 174 Å². The number of esters is 2. The Morgan fingerprint density at radius 2 is 1.56 bits per heavy atom. The highest BCUT2D eigenvalue weighted by molar-refractivity contribution is 7.96. The van der Waals surface area contributed by atoms with Crippen LogP contribution in [0, 0.1) is 17.8 Å². The van der Waals surface area contributed by atoms with Crippen molar-refractivity contribution < 1.29 is 77.6 Å². The zero-order chi connectivity index (χ0) is 24.5. The Kier molecular flexibility index (Phi) is 5.88. The average molecular weight is 511 g/mol. The number of halogens is 10. The average Bonchev–Trinajstić information content (AvgIpc) is 3.29. The number of fused-ring (bicyclic) bond motifs is 1. The molecule has 0 aromatic carbocycles. The van der Waals surface area contributed by atoms with Crippen LogP contribution >= 0.6 is 12.0 Å². The summed E-state index contributed by atoms with van der Waals surface area (Å²) < 4.78 is 146. The van der Waals surface area contributed by atoms with Crippen molar-refractivity contribution in [2.45, 2.75) is 54.0 Å². The molecular weight excluding hydrogens is 502 g/mol. The molecule has 3 fully saturated rings. The molecule has 0 spiro atoms. The van der Waals surface area contributed by atoms with Crippen LogP contribution in [0.1, 0.15) is 12.8 Å². The standard InChI is InChI=1S/C14H10F10O7S/c15-10(32-31-30-27,11(16,17)12(18,19)13(20,21)14(22,23)24)9(26)29-6-3-1-4-5(2-3)8(25)28-7(4)6/h3-7,27H,1-2H2/p-1. The van der Waals surface area contributed by atoms with Gasteiger partial charge in [-0.25, -0.2) is 9.18 Å². The predicted molar refractivity (Wildman–Crippen MR) is 74.0 cm³/mol. The van der Waals surface area contributed by atoms with Crippen molar-refractivity contribution in [2.24, 2.45) is 17.8 Å². The number of hydrogen-bond donors (Lipinski definition) is 0. The highest BCUT2D eigenvalue weighted by Gasteiger charge is 2.89. The van der Waals surface area contributed by atoms with Crippen LogP contribution in [-0.2, 0) is 28.4 Å². The van der Waals surface area contributed by atoms with E-state index < -0.39 is 82.9 Å². The van der Waals surface area contributed by atoms with Gasteiger partial charge >= 0.3 is 40.9 Å². The minimum Gasteiger partial charge on any atom is -0.691 e. The van der Waals surface area contributed by atoms with Gasteiger partial charge in [0.1, 0.15) is 12.2 Å². The second-order valence-corrected chi connectivity index (χ2v) is 8.17. The molecule has 0 amide bonds. The van der Waals surface area contributed by atoms with Gasteiger partial charge in [-0.15, -0.1) is 0 Å². The SMILES string of the molecule is O=C1OC2C3CC(CC13)C2OC(=O)C(F)(SOO[O-])C(F)(F)C(F)(F)C(F)(F)C(F)(F)F. The first-order valence-electron chi connectivity index (χ1n) is 8.39. The number of ether oxygens (including phenoxy) is 2. The van der Waals surface area contributed by atoms with Crippen LogP contribution in [-0.4, -0.2) is 53.1 Å². The molecule has 0 aromatic rings. The summed E-state index contributed by atoms with van der Waals surface area (Å²) in [6, 6.07) is 0. The molecule has 7 nitrogen and oxygen atoms in total. The van der Waals surface area contributed by atoms with Crippen LogP contribution in [0.25, 0.3) is 0 Å². The largest absolute Gasteiger partial charge is 0.691 e. The van der Waals surface area contributed by atoms with Gasteiger partial charge in [0, 0.05) is 11.8 Å². The van der Waals surface area contributed by atoms with E-state index in [4.69, 9.17) is 4.74 Å². The van der Waals surface area contributed by atoms with Crippen LogP contribution in [0.3, 0.4) is 0 Å². The minimum absolute atomic E-state index is 0.0246. The fourth-order valence-electron chi connectivity index (χ4n) is 4.12. The maximum Gasteiger partial charge on any atom is 0.460 e. The molecule has 2 aliphatic carbocycles. The van der Waals surface area contributed by atoms with Crippen LogP contribution in [0.5, 0.6) is 0 Å². The van der Waals surface area contributed by atoms with Gasteiger partial charge in [0.25, 0.3) is 0 Å². The highest BCUT2D eigenvalue weighted by atomic mass is 32.2. The third-order valence-corrected chi connectivity index (χ3v) is 6.42. The van der Waals surface area contributed by atoms with Crippen LogP contribution < -0.4 is 5.26 Å². The molecule has 6 atom stereocenters. The van der Waals surface area contributed by atoms with Crippen molar-refractivity contribution in [1.29, 1.82) is 0 Å². The number of alkyl halides is 10. The third kappa shape index (κ3) is 3.24. The number of hydrogen-bond acceptors (Lipinski definition) is 8. The fraction of sp³-hybridized carbons (Fsp3) is 0.857. The fourth-order valence-corrected chi connectivity index (χ4v) is 4.59. The smallest absolute Gasteiger partial charge is 0.460 e. The molecule has 1 heterocycles. The molecular formula is C14H9F10O7S-. The van der Waals surface area contributed by atoms with E-state index in [1.54, 1.807) is 0 Å². The third-order valence-electron chi connectivity index (χ3n) is 5.64. The summed E-state index contributed by atoms with van der Waals surface area (Å²) in [5.41, 5.74) is 0. The molecule has 3 rings (SSSR count). The second-order valence-electron chi connectivity index (χ2n) is 7.31. The van der Waals surface area contributed by atoms with Gasteiger partial charge in [-0.3, -0.25) is 9.83 Å². The van der Waals surface area contributed by atoms with E-state index in [0.717, 1.165) is 0 Å². The normalized spacial score (nSPS) is 32.1. The number of rotatable bonds is 8. The van der Waals surface area contributed by atoms with Crippen molar-refractivity contribution in [2.75, 3.05) is 0 Å². The Morgan fingerprint density at radius 3 is 2.09 bits per heavy atom. The van der Waals surface area contributed by atoms with E-state index in [1.807, 2.05) is 0 Å². The topological polar surface area (TPSA) is 94.1 Å². The van der Waals surface area contributed by atoms with Crippen molar-refractivity contribution in [1.82, 2.24) is 0 Å².